The van der Waals surface area contributed by atoms with Crippen molar-refractivity contribution in [3.63, 3.8) is 0 Å². The molecule has 4 N–H and O–H groups in total. The smallest absolute Gasteiger partial charge is 0.220 e. The average molecular weight is 931 g/mol. The summed E-state index contributed by atoms with van der Waals surface area (Å²) in [5.74, 6) is -0.152. The maximum Gasteiger partial charge on any atom is 0.220 e. The molecule has 0 aromatic heterocycles. The Morgan fingerprint density at radius 3 is 0.924 bits per heavy atom. The van der Waals surface area contributed by atoms with Crippen LogP contribution >= 0.6 is 0 Å². The summed E-state index contributed by atoms with van der Waals surface area (Å²) in [6, 6.07) is -0.830. The van der Waals surface area contributed by atoms with E-state index in [0.717, 1.165) is 44.9 Å². The monoisotopic (exact) mass is 930 g/mol. The van der Waals surface area contributed by atoms with Gasteiger partial charge in [0.25, 0.3) is 0 Å². The molecular weight excluding hydrogens is 811 g/mol. The number of rotatable bonds is 56. The largest absolute Gasteiger partial charge is 0.394 e. The van der Waals surface area contributed by atoms with Gasteiger partial charge in [-0.1, -0.05) is 301 Å². The van der Waals surface area contributed by atoms with Gasteiger partial charge in [0.2, 0.25) is 5.91 Å². The summed E-state index contributed by atoms with van der Waals surface area (Å²) in [6.45, 7) is 4.19. The van der Waals surface area contributed by atoms with Crippen LogP contribution in [0, 0.1) is 0 Å². The number of unbranched alkanes of at least 4 members (excludes halogenated alkanes) is 44. The third-order valence-corrected chi connectivity index (χ3v) is 14.3. The fourth-order valence-electron chi connectivity index (χ4n) is 9.65. The van der Waals surface area contributed by atoms with Crippen LogP contribution in [0.3, 0.4) is 0 Å². The number of carbonyl (C=O) groups excluding carboxylic acids is 1. The fourth-order valence-corrected chi connectivity index (χ4v) is 9.65. The Balaban J connectivity index is 3.47. The molecule has 0 aliphatic heterocycles. The predicted octanol–water partition coefficient (Wildman–Crippen LogP) is 18.8. The summed E-state index contributed by atoms with van der Waals surface area (Å²) in [4.78, 5) is 12.5. The average Bonchev–Trinajstić information content (AvgIpc) is 3.32. The highest BCUT2D eigenvalue weighted by atomic mass is 16.3. The Kier molecular flexibility index (Phi) is 55.4. The predicted molar refractivity (Wildman–Crippen MR) is 292 cm³/mol. The van der Waals surface area contributed by atoms with E-state index in [1.165, 1.54) is 263 Å². The molecule has 3 atom stereocenters. The third-order valence-electron chi connectivity index (χ3n) is 14.3. The second-order valence-corrected chi connectivity index (χ2v) is 20.9. The van der Waals surface area contributed by atoms with E-state index >= 15 is 0 Å². The molecule has 0 aliphatic rings. The minimum Gasteiger partial charge on any atom is -0.394 e. The summed E-state index contributed by atoms with van der Waals surface area (Å²) in [5, 5.41) is 33.7. The summed E-state index contributed by atoms with van der Waals surface area (Å²) >= 11 is 0. The number of aliphatic hydroxyl groups excluding tert-OH is 3. The molecule has 5 heteroatoms. The second-order valence-electron chi connectivity index (χ2n) is 20.9. The topological polar surface area (TPSA) is 89.8 Å². The molecule has 5 nitrogen and oxygen atoms in total. The van der Waals surface area contributed by atoms with Crippen LogP contribution in [0.1, 0.15) is 335 Å². The summed E-state index contributed by atoms with van der Waals surface area (Å²) in [5.41, 5.74) is 0. The first-order chi connectivity index (χ1) is 32.6. The first kappa shape index (κ1) is 64.8. The highest BCUT2D eigenvalue weighted by Crippen LogP contribution is 2.18. The van der Waals surface area contributed by atoms with E-state index in [-0.39, 0.29) is 12.5 Å². The minimum atomic E-state index is -1.16. The maximum absolute atomic E-state index is 12.5. The Hall–Kier alpha value is -1.17. The van der Waals surface area contributed by atoms with Crippen LogP contribution in [0.5, 0.6) is 0 Å². The molecule has 392 valence electrons. The van der Waals surface area contributed by atoms with Gasteiger partial charge in [0.15, 0.2) is 0 Å². The molecule has 0 aromatic rings. The zero-order chi connectivity index (χ0) is 47.9. The molecule has 0 heterocycles. The Labute approximate surface area is 413 Å². The highest BCUT2D eigenvalue weighted by molar-refractivity contribution is 5.76. The van der Waals surface area contributed by atoms with Gasteiger partial charge < -0.3 is 20.6 Å². The fraction of sp³-hybridized carbons (Fsp3) is 0.918. The van der Waals surface area contributed by atoms with Crippen LogP contribution in [-0.2, 0) is 4.79 Å². The minimum absolute atomic E-state index is 0.152. The lowest BCUT2D eigenvalue weighted by Crippen LogP contribution is -2.50. The van der Waals surface area contributed by atoms with E-state index < -0.39 is 18.2 Å². The van der Waals surface area contributed by atoms with E-state index in [2.05, 4.69) is 43.5 Å². The number of nitrogens with one attached hydrogen (secondary N) is 1. The van der Waals surface area contributed by atoms with Crippen LogP contribution in [0.15, 0.2) is 24.3 Å². The van der Waals surface area contributed by atoms with Crippen molar-refractivity contribution in [3.05, 3.63) is 24.3 Å². The van der Waals surface area contributed by atoms with Crippen molar-refractivity contribution in [3.8, 4) is 0 Å². The molecular formula is C61H119NO4. The van der Waals surface area contributed by atoms with Crippen molar-refractivity contribution >= 4 is 5.91 Å². The molecule has 0 spiro atoms. The van der Waals surface area contributed by atoms with E-state index in [1.54, 1.807) is 0 Å². The van der Waals surface area contributed by atoms with Gasteiger partial charge in [-0.15, -0.1) is 0 Å². The van der Waals surface area contributed by atoms with Crippen LogP contribution in [0.2, 0.25) is 0 Å². The van der Waals surface area contributed by atoms with Crippen LogP contribution in [0.25, 0.3) is 0 Å². The number of carbonyl (C=O) groups is 1. The molecule has 1 amide bonds. The normalized spacial score (nSPS) is 13.3. The number of hydrogen-bond donors (Lipinski definition) is 4. The van der Waals surface area contributed by atoms with Gasteiger partial charge in [-0.3, -0.25) is 4.79 Å². The van der Waals surface area contributed by atoms with E-state index in [4.69, 9.17) is 0 Å². The maximum atomic E-state index is 12.5. The molecule has 0 saturated heterocycles. The van der Waals surface area contributed by atoms with Gasteiger partial charge >= 0.3 is 0 Å². The van der Waals surface area contributed by atoms with Gasteiger partial charge in [0, 0.05) is 6.42 Å². The third kappa shape index (κ3) is 50.7. The van der Waals surface area contributed by atoms with Crippen molar-refractivity contribution in [2.45, 2.75) is 353 Å². The van der Waals surface area contributed by atoms with Crippen molar-refractivity contribution in [1.82, 2.24) is 5.32 Å². The molecule has 0 radical (unpaired) electrons. The second kappa shape index (κ2) is 56.4. The molecule has 3 unspecified atom stereocenters. The van der Waals surface area contributed by atoms with Gasteiger partial charge in [0.05, 0.1) is 18.8 Å². The van der Waals surface area contributed by atoms with Gasteiger partial charge in [-0.05, 0) is 51.4 Å². The Morgan fingerprint density at radius 2 is 0.621 bits per heavy atom. The first-order valence-electron chi connectivity index (χ1n) is 30.1. The number of allylic oxidation sites excluding steroid dienone is 4. The SMILES string of the molecule is CCCCCCCCCC/C=C/CC/C=C/CCCC(O)C(O)C(CO)NC(=O)CCCCCCCCCCCCCCCCCCCCCCCCCCCCCCCCCCCCC. The summed E-state index contributed by atoms with van der Waals surface area (Å²) < 4.78 is 0. The van der Waals surface area contributed by atoms with Crippen molar-refractivity contribution < 1.29 is 20.1 Å². The molecule has 66 heavy (non-hydrogen) atoms. The zero-order valence-electron chi connectivity index (χ0n) is 44.9. The van der Waals surface area contributed by atoms with Crippen molar-refractivity contribution in [2.75, 3.05) is 6.61 Å². The van der Waals surface area contributed by atoms with Crippen molar-refractivity contribution in [1.29, 1.82) is 0 Å². The van der Waals surface area contributed by atoms with Crippen LogP contribution < -0.4 is 5.32 Å². The van der Waals surface area contributed by atoms with Crippen LogP contribution in [0.4, 0.5) is 0 Å². The number of amides is 1. The van der Waals surface area contributed by atoms with E-state index in [0.29, 0.717) is 12.8 Å². The first-order valence-corrected chi connectivity index (χ1v) is 30.1. The molecule has 0 bridgehead atoms. The van der Waals surface area contributed by atoms with Gasteiger partial charge in [-0.2, -0.15) is 0 Å². The number of hydrogen-bond acceptors (Lipinski definition) is 4. The highest BCUT2D eigenvalue weighted by Gasteiger charge is 2.26. The standard InChI is InChI=1S/C61H119NO4/c1-3-5-7-9-11-13-15-17-19-21-22-23-24-25-26-27-28-29-30-31-32-33-34-35-36-37-38-40-42-44-46-48-50-52-54-56-60(65)62-58(57-63)61(66)59(64)55-53-51-49-47-45-43-41-39-20-18-16-14-12-10-8-6-4-2/h39,41,47,49,58-59,61,63-64,66H,3-38,40,42-46,48,50-57H2,1-2H3,(H,62,65)/b41-39+,49-47+. The summed E-state index contributed by atoms with van der Waals surface area (Å²) in [7, 11) is 0. The molecule has 0 fully saturated rings. The quantitative estimate of drug-likeness (QED) is 0.0361. The molecule has 0 aromatic carbocycles. The lowest BCUT2D eigenvalue weighted by atomic mass is 10.0. The van der Waals surface area contributed by atoms with Crippen LogP contribution in [-0.4, -0.2) is 46.1 Å². The zero-order valence-corrected chi connectivity index (χ0v) is 44.9. The summed E-state index contributed by atoms with van der Waals surface area (Å²) in [6.07, 6.45) is 72.2. The van der Waals surface area contributed by atoms with E-state index in [1.807, 2.05) is 0 Å². The Morgan fingerprint density at radius 1 is 0.364 bits per heavy atom. The van der Waals surface area contributed by atoms with Gasteiger partial charge in [0.1, 0.15) is 6.10 Å². The molecule has 0 saturated carbocycles. The lowest BCUT2D eigenvalue weighted by molar-refractivity contribution is -0.124. The van der Waals surface area contributed by atoms with E-state index in [9.17, 15) is 20.1 Å². The molecule has 0 rings (SSSR count). The Bertz CT molecular complexity index is 982. The lowest BCUT2D eigenvalue weighted by Gasteiger charge is -2.26. The number of aliphatic hydroxyl groups is 3. The molecule has 0 aliphatic carbocycles. The van der Waals surface area contributed by atoms with Crippen molar-refractivity contribution in [2.24, 2.45) is 0 Å². The van der Waals surface area contributed by atoms with Gasteiger partial charge in [-0.25, -0.2) is 0 Å².